The predicted octanol–water partition coefficient (Wildman–Crippen LogP) is 4.12. The van der Waals surface area contributed by atoms with Gasteiger partial charge in [-0.2, -0.15) is 0 Å². The number of aromatic nitrogens is 2. The van der Waals surface area contributed by atoms with Crippen LogP contribution in [0.2, 0.25) is 0 Å². The van der Waals surface area contributed by atoms with E-state index in [1.165, 1.54) is 6.42 Å². The van der Waals surface area contributed by atoms with E-state index in [4.69, 9.17) is 13.9 Å². The van der Waals surface area contributed by atoms with Crippen LogP contribution in [0.25, 0.3) is 11.5 Å². The smallest absolute Gasteiger partial charge is 0.415 e. The first-order valence-electron chi connectivity index (χ1n) is 9.24. The molecule has 0 amide bonds. The number of ether oxygens (including phenoxy) is 2. The van der Waals surface area contributed by atoms with E-state index in [1.54, 1.807) is 0 Å². The molecule has 3 rings (SSSR count). The number of carbonyl (C=O) groups excluding carboxylic acids is 1. The fraction of sp³-hybridized carbons (Fsp3) is 0.550. The zero-order valence-electron chi connectivity index (χ0n) is 15.6. The number of hydrogen-bond donors (Lipinski definition) is 0. The van der Waals surface area contributed by atoms with Crippen LogP contribution in [0, 0.1) is 17.8 Å². The number of benzene rings is 1. The lowest BCUT2D eigenvalue weighted by atomic mass is 9.75. The highest BCUT2D eigenvalue weighted by molar-refractivity contribution is 5.71. The number of hydrogen-bond acceptors (Lipinski definition) is 6. The topological polar surface area (TPSA) is 74.5 Å². The zero-order valence-corrected chi connectivity index (χ0v) is 15.6. The van der Waals surface area contributed by atoms with Crippen molar-refractivity contribution in [1.82, 2.24) is 10.2 Å². The van der Waals surface area contributed by atoms with Crippen LogP contribution in [-0.4, -0.2) is 28.9 Å². The van der Waals surface area contributed by atoms with Crippen molar-refractivity contribution in [3.8, 4) is 17.5 Å². The van der Waals surface area contributed by atoms with Crippen molar-refractivity contribution in [3.63, 3.8) is 0 Å². The van der Waals surface area contributed by atoms with Crippen LogP contribution in [0.4, 0.5) is 0 Å². The first kappa shape index (κ1) is 18.4. The van der Waals surface area contributed by atoms with Gasteiger partial charge >= 0.3 is 12.0 Å². The molecule has 0 saturated heterocycles. The molecule has 0 radical (unpaired) electrons. The van der Waals surface area contributed by atoms with Crippen molar-refractivity contribution >= 4 is 5.97 Å². The summed E-state index contributed by atoms with van der Waals surface area (Å²) in [5.74, 6) is 1.44. The fourth-order valence-electron chi connectivity index (χ4n) is 3.54. The highest BCUT2D eigenvalue weighted by atomic mass is 16.6. The van der Waals surface area contributed by atoms with Crippen LogP contribution < -0.4 is 4.74 Å². The van der Waals surface area contributed by atoms with Gasteiger partial charge in [0.2, 0.25) is 0 Å². The van der Waals surface area contributed by atoms with E-state index in [9.17, 15) is 4.79 Å². The second-order valence-corrected chi connectivity index (χ2v) is 7.38. The molecule has 1 heterocycles. The maximum absolute atomic E-state index is 12.2. The zero-order chi connectivity index (χ0) is 18.5. The van der Waals surface area contributed by atoms with E-state index in [-0.39, 0.29) is 18.8 Å². The minimum Gasteiger partial charge on any atom is -0.460 e. The molecule has 140 valence electrons. The Morgan fingerprint density at radius 1 is 1.23 bits per heavy atom. The van der Waals surface area contributed by atoms with Gasteiger partial charge in [0.05, 0.1) is 0 Å². The fourth-order valence-corrected chi connectivity index (χ4v) is 3.54. The van der Waals surface area contributed by atoms with Crippen molar-refractivity contribution in [2.24, 2.45) is 17.8 Å². The van der Waals surface area contributed by atoms with E-state index >= 15 is 0 Å². The summed E-state index contributed by atoms with van der Waals surface area (Å²) < 4.78 is 16.4. The molecule has 6 heteroatoms. The van der Waals surface area contributed by atoms with Crippen molar-refractivity contribution in [3.05, 3.63) is 30.3 Å². The maximum atomic E-state index is 12.2. The molecule has 6 nitrogen and oxygen atoms in total. The van der Waals surface area contributed by atoms with Gasteiger partial charge in [-0.15, -0.1) is 5.10 Å². The normalized spacial score (nSPS) is 23.0. The largest absolute Gasteiger partial charge is 0.460 e. The Balaban J connectivity index is 1.53. The summed E-state index contributed by atoms with van der Waals surface area (Å²) >= 11 is 0. The molecule has 0 aliphatic heterocycles. The van der Waals surface area contributed by atoms with Crippen LogP contribution in [0.1, 0.15) is 40.0 Å². The Labute approximate surface area is 153 Å². The number of carbonyl (C=O) groups is 1. The van der Waals surface area contributed by atoms with E-state index < -0.39 is 5.97 Å². The van der Waals surface area contributed by atoms with Crippen molar-refractivity contribution in [2.45, 2.75) is 46.1 Å². The molecule has 3 atom stereocenters. The monoisotopic (exact) mass is 358 g/mol. The number of rotatable bonds is 6. The van der Waals surface area contributed by atoms with Crippen LogP contribution in [-0.2, 0) is 9.53 Å². The molecule has 1 fully saturated rings. The van der Waals surface area contributed by atoms with E-state index in [1.807, 2.05) is 30.3 Å². The molecular weight excluding hydrogens is 332 g/mol. The highest BCUT2D eigenvalue weighted by Gasteiger charge is 2.33. The van der Waals surface area contributed by atoms with Crippen LogP contribution in [0.3, 0.4) is 0 Å². The van der Waals surface area contributed by atoms with Gasteiger partial charge in [0.15, 0.2) is 6.61 Å². The molecule has 1 aromatic carbocycles. The average Bonchev–Trinajstić information content (AvgIpc) is 3.09. The minimum atomic E-state index is -0.394. The first-order chi connectivity index (χ1) is 12.5. The standard InChI is InChI=1S/C20H26N2O4/c1-13(2)16-10-9-14(3)11-17(16)25-18(23)12-24-20-22-21-19(26-20)15-7-5-4-6-8-15/h4-8,13-14,16-17H,9-12H2,1-3H3. The summed E-state index contributed by atoms with van der Waals surface area (Å²) in [6, 6.07) is 9.40. The van der Waals surface area contributed by atoms with Gasteiger partial charge in [-0.05, 0) is 42.7 Å². The summed E-state index contributed by atoms with van der Waals surface area (Å²) in [5.41, 5.74) is 0.799. The summed E-state index contributed by atoms with van der Waals surface area (Å²) in [4.78, 5) is 12.2. The Bertz CT molecular complexity index is 714. The molecule has 0 spiro atoms. The van der Waals surface area contributed by atoms with Crippen LogP contribution in [0.15, 0.2) is 34.7 Å². The Morgan fingerprint density at radius 2 is 2.00 bits per heavy atom. The van der Waals surface area contributed by atoms with E-state index in [0.29, 0.717) is 23.6 Å². The third-order valence-corrected chi connectivity index (χ3v) is 4.98. The quantitative estimate of drug-likeness (QED) is 0.723. The molecule has 3 unspecified atom stereocenters. The molecular formula is C20H26N2O4. The second-order valence-electron chi connectivity index (χ2n) is 7.38. The lowest BCUT2D eigenvalue weighted by Gasteiger charge is -2.36. The molecule has 1 aromatic heterocycles. The van der Waals surface area contributed by atoms with Crippen molar-refractivity contribution in [1.29, 1.82) is 0 Å². The molecule has 1 aliphatic carbocycles. The Morgan fingerprint density at radius 3 is 2.73 bits per heavy atom. The summed E-state index contributed by atoms with van der Waals surface area (Å²) in [6.07, 6.45) is 3.13. The Kier molecular flexibility index (Phi) is 5.91. The third-order valence-electron chi connectivity index (χ3n) is 4.98. The van der Waals surface area contributed by atoms with E-state index in [0.717, 1.165) is 18.4 Å². The van der Waals surface area contributed by atoms with Gasteiger partial charge in [-0.3, -0.25) is 0 Å². The van der Waals surface area contributed by atoms with Gasteiger partial charge in [-0.25, -0.2) is 4.79 Å². The third kappa shape index (κ3) is 4.62. The summed E-state index contributed by atoms with van der Waals surface area (Å²) in [7, 11) is 0. The van der Waals surface area contributed by atoms with Gasteiger partial charge < -0.3 is 13.9 Å². The predicted molar refractivity (Wildman–Crippen MR) is 96.5 cm³/mol. The lowest BCUT2D eigenvalue weighted by molar-refractivity contribution is -0.158. The maximum Gasteiger partial charge on any atom is 0.415 e. The van der Waals surface area contributed by atoms with Crippen molar-refractivity contribution in [2.75, 3.05) is 6.61 Å². The molecule has 1 saturated carbocycles. The van der Waals surface area contributed by atoms with Gasteiger partial charge in [0.25, 0.3) is 5.89 Å². The molecule has 26 heavy (non-hydrogen) atoms. The SMILES string of the molecule is CC1CCC(C(C)C)C(OC(=O)COc2nnc(-c3ccccc3)o2)C1. The summed E-state index contributed by atoms with van der Waals surface area (Å²) in [5, 5.41) is 7.75. The van der Waals surface area contributed by atoms with Gasteiger partial charge in [0.1, 0.15) is 6.10 Å². The first-order valence-corrected chi connectivity index (χ1v) is 9.24. The molecule has 0 bridgehead atoms. The van der Waals surface area contributed by atoms with Gasteiger partial charge in [0, 0.05) is 5.56 Å². The van der Waals surface area contributed by atoms with E-state index in [2.05, 4.69) is 31.0 Å². The summed E-state index contributed by atoms with van der Waals surface area (Å²) in [6.45, 7) is 6.34. The average molecular weight is 358 g/mol. The van der Waals surface area contributed by atoms with Crippen molar-refractivity contribution < 1.29 is 18.7 Å². The highest BCUT2D eigenvalue weighted by Crippen LogP contribution is 2.35. The minimum absolute atomic E-state index is 0.0294. The van der Waals surface area contributed by atoms with Crippen LogP contribution >= 0.6 is 0 Å². The van der Waals surface area contributed by atoms with Crippen LogP contribution in [0.5, 0.6) is 6.08 Å². The second kappa shape index (κ2) is 8.34. The molecule has 2 aromatic rings. The number of nitrogens with zero attached hydrogens (tertiary/aromatic N) is 2. The number of esters is 1. The lowest BCUT2D eigenvalue weighted by Crippen LogP contribution is -2.36. The Hall–Kier alpha value is -2.37. The van der Waals surface area contributed by atoms with Gasteiger partial charge in [-0.1, -0.05) is 50.5 Å². The molecule has 0 N–H and O–H groups in total. The molecule has 1 aliphatic rings.